The molecule has 1 aliphatic carbocycles. The molecule has 1 saturated carbocycles. The number of carbonyl (C=O) groups is 1. The van der Waals surface area contributed by atoms with Gasteiger partial charge in [0.1, 0.15) is 17.2 Å². The highest BCUT2D eigenvalue weighted by atomic mass is 19.1. The van der Waals surface area contributed by atoms with Crippen LogP contribution in [0.15, 0.2) is 33.9 Å². The zero-order valence-electron chi connectivity index (χ0n) is 16.2. The highest BCUT2D eigenvalue weighted by molar-refractivity contribution is 5.77. The zero-order valence-corrected chi connectivity index (χ0v) is 16.2. The molecule has 3 aromatic rings. The Balaban J connectivity index is 1.50. The SMILES string of the molecule is CN(C(=O)CCc1nc2c([nH]1)c(=O)[nH]c(=O)n2C)[C@@H](c1ccc(F)cc1)C1CC1. The monoisotopic (exact) mass is 399 g/mol. The molecule has 152 valence electrons. The fourth-order valence-electron chi connectivity index (χ4n) is 3.71. The van der Waals surface area contributed by atoms with Crippen LogP contribution in [0.5, 0.6) is 0 Å². The number of nitrogens with one attached hydrogen (secondary N) is 2. The minimum absolute atomic E-state index is 0.0607. The number of rotatable bonds is 6. The third-order valence-corrected chi connectivity index (χ3v) is 5.47. The summed E-state index contributed by atoms with van der Waals surface area (Å²) in [5.74, 6) is 0.493. The van der Waals surface area contributed by atoms with Crippen molar-refractivity contribution in [2.24, 2.45) is 13.0 Å². The molecule has 8 nitrogen and oxygen atoms in total. The number of aromatic amines is 2. The van der Waals surface area contributed by atoms with Crippen molar-refractivity contribution in [1.82, 2.24) is 24.4 Å². The Kier molecular flexibility index (Phi) is 4.81. The van der Waals surface area contributed by atoms with E-state index in [4.69, 9.17) is 0 Å². The van der Waals surface area contributed by atoms with E-state index in [0.29, 0.717) is 18.2 Å². The number of hydrogen-bond acceptors (Lipinski definition) is 4. The van der Waals surface area contributed by atoms with Crippen molar-refractivity contribution < 1.29 is 9.18 Å². The fourth-order valence-corrected chi connectivity index (χ4v) is 3.71. The summed E-state index contributed by atoms with van der Waals surface area (Å²) >= 11 is 0. The number of aromatic nitrogens is 4. The number of carbonyl (C=O) groups excluding carboxylic acids is 1. The summed E-state index contributed by atoms with van der Waals surface area (Å²) in [6, 6.07) is 6.21. The Bertz CT molecular complexity index is 1170. The largest absolute Gasteiger partial charge is 0.338 e. The van der Waals surface area contributed by atoms with E-state index in [1.165, 1.54) is 23.7 Å². The molecule has 1 aromatic carbocycles. The van der Waals surface area contributed by atoms with Gasteiger partial charge in [0.25, 0.3) is 5.56 Å². The van der Waals surface area contributed by atoms with E-state index in [1.54, 1.807) is 24.1 Å². The number of halogens is 1. The molecular weight excluding hydrogens is 377 g/mol. The third-order valence-electron chi connectivity index (χ3n) is 5.47. The first kappa shape index (κ1) is 19.1. The van der Waals surface area contributed by atoms with Crippen LogP contribution in [0, 0.1) is 11.7 Å². The van der Waals surface area contributed by atoms with Gasteiger partial charge < -0.3 is 9.88 Å². The van der Waals surface area contributed by atoms with E-state index in [1.807, 2.05) is 0 Å². The van der Waals surface area contributed by atoms with Crippen molar-refractivity contribution in [2.45, 2.75) is 31.7 Å². The number of amides is 1. The number of benzene rings is 1. The summed E-state index contributed by atoms with van der Waals surface area (Å²) in [6.45, 7) is 0. The highest BCUT2D eigenvalue weighted by Gasteiger charge is 2.36. The van der Waals surface area contributed by atoms with Crippen LogP contribution in [-0.4, -0.2) is 37.4 Å². The lowest BCUT2D eigenvalue weighted by atomic mass is 10.0. The van der Waals surface area contributed by atoms with E-state index in [2.05, 4.69) is 15.0 Å². The van der Waals surface area contributed by atoms with Crippen molar-refractivity contribution in [1.29, 1.82) is 0 Å². The second-order valence-corrected chi connectivity index (χ2v) is 7.54. The van der Waals surface area contributed by atoms with Gasteiger partial charge in [0.2, 0.25) is 5.91 Å². The molecule has 1 atom stereocenters. The predicted octanol–water partition coefficient (Wildman–Crippen LogP) is 1.63. The van der Waals surface area contributed by atoms with Gasteiger partial charge in [0.15, 0.2) is 5.65 Å². The highest BCUT2D eigenvalue weighted by Crippen LogP contribution is 2.44. The molecule has 1 aliphatic rings. The van der Waals surface area contributed by atoms with Gasteiger partial charge in [-0.1, -0.05) is 12.1 Å². The molecular formula is C20H22FN5O3. The molecule has 9 heteroatoms. The lowest BCUT2D eigenvalue weighted by Gasteiger charge is -2.29. The van der Waals surface area contributed by atoms with Crippen molar-refractivity contribution in [3.8, 4) is 0 Å². The first-order chi connectivity index (χ1) is 13.8. The molecule has 0 radical (unpaired) electrons. The first-order valence-corrected chi connectivity index (χ1v) is 9.54. The van der Waals surface area contributed by atoms with Crippen molar-refractivity contribution in [3.63, 3.8) is 0 Å². The second-order valence-electron chi connectivity index (χ2n) is 7.54. The van der Waals surface area contributed by atoms with Crippen LogP contribution in [0.1, 0.15) is 36.7 Å². The molecule has 0 aliphatic heterocycles. The van der Waals surface area contributed by atoms with Gasteiger partial charge in [0, 0.05) is 26.9 Å². The lowest BCUT2D eigenvalue weighted by Crippen LogP contribution is -2.32. The maximum absolute atomic E-state index is 13.3. The van der Waals surface area contributed by atoms with E-state index in [0.717, 1.165) is 18.4 Å². The average Bonchev–Trinajstić information content (AvgIpc) is 3.43. The summed E-state index contributed by atoms with van der Waals surface area (Å²) in [6.07, 6.45) is 2.60. The van der Waals surface area contributed by atoms with Crippen molar-refractivity contribution in [3.05, 3.63) is 62.3 Å². The average molecular weight is 399 g/mol. The Morgan fingerprint density at radius 3 is 2.62 bits per heavy atom. The molecule has 4 rings (SSSR count). The van der Waals surface area contributed by atoms with Gasteiger partial charge in [-0.2, -0.15) is 0 Å². The Hall–Kier alpha value is -3.23. The number of nitrogens with zero attached hydrogens (tertiary/aromatic N) is 3. The van der Waals surface area contributed by atoms with Gasteiger partial charge in [-0.3, -0.25) is 19.1 Å². The standard InChI is InChI=1S/C20H22FN5O3/c1-25(17(11-3-4-11)12-5-7-13(21)8-6-12)15(27)10-9-14-22-16-18(23-14)26(2)20(29)24-19(16)28/h5-8,11,17H,3-4,9-10H2,1-2H3,(H,22,23)(H,24,28,29)/t17-/m1/s1. The topological polar surface area (TPSA) is 104 Å². The third kappa shape index (κ3) is 3.72. The normalized spacial score (nSPS) is 14.9. The molecule has 2 heterocycles. The molecule has 2 N–H and O–H groups in total. The van der Waals surface area contributed by atoms with Crippen LogP contribution in [0.2, 0.25) is 0 Å². The fraction of sp³-hybridized carbons (Fsp3) is 0.400. The smallest absolute Gasteiger partial charge is 0.329 e. The lowest BCUT2D eigenvalue weighted by molar-refractivity contribution is -0.132. The van der Waals surface area contributed by atoms with Gasteiger partial charge in [-0.15, -0.1) is 0 Å². The van der Waals surface area contributed by atoms with Crippen LogP contribution in [-0.2, 0) is 18.3 Å². The molecule has 0 spiro atoms. The maximum Gasteiger partial charge on any atom is 0.329 e. The second kappa shape index (κ2) is 7.31. The minimum atomic E-state index is -0.539. The van der Waals surface area contributed by atoms with Crippen molar-refractivity contribution >= 4 is 17.1 Å². The number of fused-ring (bicyclic) bond motifs is 1. The molecule has 0 saturated heterocycles. The van der Waals surface area contributed by atoms with Crippen LogP contribution in [0.25, 0.3) is 11.2 Å². The number of hydrogen-bond donors (Lipinski definition) is 2. The number of H-pyrrole nitrogens is 2. The molecule has 2 aromatic heterocycles. The van der Waals surface area contributed by atoms with Gasteiger partial charge in [-0.05, 0) is 36.5 Å². The molecule has 1 amide bonds. The van der Waals surface area contributed by atoms with Crippen molar-refractivity contribution in [2.75, 3.05) is 7.05 Å². The minimum Gasteiger partial charge on any atom is -0.338 e. The van der Waals surface area contributed by atoms with Gasteiger partial charge in [-0.25, -0.2) is 14.2 Å². The predicted molar refractivity (Wildman–Crippen MR) is 105 cm³/mol. The van der Waals surface area contributed by atoms with E-state index >= 15 is 0 Å². The van der Waals surface area contributed by atoms with E-state index < -0.39 is 11.2 Å². The van der Waals surface area contributed by atoms with Gasteiger partial charge in [0.05, 0.1) is 6.04 Å². The van der Waals surface area contributed by atoms with Crippen LogP contribution >= 0.6 is 0 Å². The number of imidazole rings is 1. The van der Waals surface area contributed by atoms with Crippen LogP contribution in [0.4, 0.5) is 4.39 Å². The summed E-state index contributed by atoms with van der Waals surface area (Å²) < 4.78 is 14.5. The summed E-state index contributed by atoms with van der Waals surface area (Å²) in [5.41, 5.74) is 0.329. The molecule has 1 fully saturated rings. The summed E-state index contributed by atoms with van der Waals surface area (Å²) in [5, 5.41) is 0. The van der Waals surface area contributed by atoms with E-state index in [9.17, 15) is 18.8 Å². The Labute approximate surface area is 165 Å². The van der Waals surface area contributed by atoms with Crippen LogP contribution < -0.4 is 11.2 Å². The zero-order chi connectivity index (χ0) is 20.7. The maximum atomic E-state index is 13.3. The Morgan fingerprint density at radius 2 is 1.97 bits per heavy atom. The number of aryl methyl sites for hydroxylation is 2. The molecule has 0 bridgehead atoms. The van der Waals surface area contributed by atoms with E-state index in [-0.39, 0.29) is 35.4 Å². The molecule has 0 unspecified atom stereocenters. The summed E-state index contributed by atoms with van der Waals surface area (Å²) in [4.78, 5) is 47.6. The Morgan fingerprint density at radius 1 is 1.28 bits per heavy atom. The van der Waals surface area contributed by atoms with Crippen LogP contribution in [0.3, 0.4) is 0 Å². The molecule has 29 heavy (non-hydrogen) atoms. The quantitative estimate of drug-likeness (QED) is 0.657. The summed E-state index contributed by atoms with van der Waals surface area (Å²) in [7, 11) is 3.29. The first-order valence-electron chi connectivity index (χ1n) is 9.54. The van der Waals surface area contributed by atoms with Gasteiger partial charge >= 0.3 is 5.69 Å².